The van der Waals surface area contributed by atoms with Gasteiger partial charge in [-0.05, 0) is 59.7 Å². The molecule has 8 rings (SSSR count). The molecular formula is C32H23N5S5. The first kappa shape index (κ1) is 26.0. The molecule has 42 heavy (non-hydrogen) atoms. The molecule has 0 aliphatic rings. The van der Waals surface area contributed by atoms with E-state index in [1.54, 1.807) is 22.7 Å². The molecule has 0 aliphatic carbocycles. The third kappa shape index (κ3) is 4.42. The molecule has 1 N–H and O–H groups in total. The predicted molar refractivity (Wildman–Crippen MR) is 187 cm³/mol. The summed E-state index contributed by atoms with van der Waals surface area (Å²) in [7, 11) is 6.08. The van der Waals surface area contributed by atoms with Gasteiger partial charge in [-0.2, -0.15) is 8.75 Å². The maximum absolute atomic E-state index is 4.96. The molecule has 0 aliphatic heterocycles. The summed E-state index contributed by atoms with van der Waals surface area (Å²) in [4.78, 5) is 12.0. The first-order chi connectivity index (χ1) is 20.5. The molecule has 0 amide bonds. The molecule has 0 fully saturated rings. The van der Waals surface area contributed by atoms with Crippen molar-refractivity contribution < 1.29 is 0 Å². The Hall–Kier alpha value is -3.67. The maximum Gasteiger partial charge on any atom is 0.132 e. The van der Waals surface area contributed by atoms with Crippen molar-refractivity contribution in [3.63, 3.8) is 0 Å². The number of nitrogens with zero attached hydrogens (tertiary/aromatic N) is 4. The van der Waals surface area contributed by atoms with E-state index in [0.717, 1.165) is 32.9 Å². The molecule has 10 heteroatoms. The van der Waals surface area contributed by atoms with Crippen LogP contribution >= 0.6 is 57.1 Å². The van der Waals surface area contributed by atoms with Crippen LogP contribution in [0.3, 0.4) is 0 Å². The number of fused-ring (bicyclic) bond motifs is 3. The van der Waals surface area contributed by atoms with Gasteiger partial charge in [0.1, 0.15) is 16.7 Å². The monoisotopic (exact) mass is 637 g/mol. The van der Waals surface area contributed by atoms with Gasteiger partial charge in [0.15, 0.2) is 0 Å². The van der Waals surface area contributed by atoms with Crippen molar-refractivity contribution >= 4 is 98.3 Å². The molecule has 0 saturated carbocycles. The third-order valence-electron chi connectivity index (χ3n) is 7.33. The molecule has 6 aromatic heterocycles. The lowest BCUT2D eigenvalue weighted by Gasteiger charge is -2.12. The molecule has 0 bridgehead atoms. The van der Waals surface area contributed by atoms with Crippen molar-refractivity contribution in [3.05, 3.63) is 79.0 Å². The van der Waals surface area contributed by atoms with E-state index in [-0.39, 0.29) is 0 Å². The highest BCUT2D eigenvalue weighted by Crippen LogP contribution is 2.46. The lowest BCUT2D eigenvalue weighted by Crippen LogP contribution is -2.07. The predicted octanol–water partition coefficient (Wildman–Crippen LogP) is 10.4. The number of pyridine rings is 1. The Labute approximate surface area is 262 Å². The van der Waals surface area contributed by atoms with Gasteiger partial charge in [-0.1, -0.05) is 24.3 Å². The molecule has 6 heterocycles. The molecule has 206 valence electrons. The van der Waals surface area contributed by atoms with E-state index in [0.29, 0.717) is 0 Å². The van der Waals surface area contributed by atoms with E-state index < -0.39 is 0 Å². The van der Waals surface area contributed by atoms with Crippen LogP contribution in [0.1, 0.15) is 0 Å². The first-order valence-electron chi connectivity index (χ1n) is 13.3. The summed E-state index contributed by atoms with van der Waals surface area (Å²) in [6, 6.07) is 26.5. The van der Waals surface area contributed by atoms with Crippen LogP contribution in [-0.4, -0.2) is 34.9 Å². The molecule has 2 aromatic carbocycles. The summed E-state index contributed by atoms with van der Waals surface area (Å²) in [5.74, 6) is 0. The average molecular weight is 638 g/mol. The van der Waals surface area contributed by atoms with Crippen LogP contribution < -0.4 is 10.2 Å². The molecule has 0 radical (unpaired) electrons. The number of aromatic nitrogens is 3. The second kappa shape index (κ2) is 10.3. The smallest absolute Gasteiger partial charge is 0.132 e. The van der Waals surface area contributed by atoms with Crippen LogP contribution in [-0.2, 0) is 0 Å². The fourth-order valence-electron chi connectivity index (χ4n) is 5.06. The van der Waals surface area contributed by atoms with E-state index in [1.807, 2.05) is 35.9 Å². The van der Waals surface area contributed by atoms with Gasteiger partial charge in [-0.15, -0.1) is 45.3 Å². The maximum atomic E-state index is 4.96. The minimum atomic E-state index is 0.882. The Kier molecular flexibility index (Phi) is 6.34. The van der Waals surface area contributed by atoms with Crippen molar-refractivity contribution in [2.75, 3.05) is 31.4 Å². The summed E-state index contributed by atoms with van der Waals surface area (Å²) in [5.41, 5.74) is 8.60. The van der Waals surface area contributed by atoms with Gasteiger partial charge < -0.3 is 10.2 Å². The van der Waals surface area contributed by atoms with Crippen LogP contribution in [0.2, 0.25) is 0 Å². The SMILES string of the molecule is CNc1ccc(-c2cc3sc(-c4cnc(-c5cc6sc(-c7ccc(N(C)C)cc7)cc6s5)c5nsnc45)cc3s2)cc1. The summed E-state index contributed by atoms with van der Waals surface area (Å²) in [6.45, 7) is 0. The number of hydrogen-bond acceptors (Lipinski definition) is 10. The van der Waals surface area contributed by atoms with Gasteiger partial charge in [0.25, 0.3) is 0 Å². The Balaban J connectivity index is 1.11. The minimum Gasteiger partial charge on any atom is -0.388 e. The van der Waals surface area contributed by atoms with Gasteiger partial charge in [0.2, 0.25) is 0 Å². The standard InChI is InChI=1S/C32H23N5S5/c1-33-19-8-4-17(5-9-19)22-12-25-27(38-22)14-24(40-25)21-16-34-31(32-30(21)35-42-36-32)29-15-28-26(41-29)13-23(39-28)18-6-10-20(11-7-18)37(2)3/h4-16,33H,1-3H3. The van der Waals surface area contributed by atoms with E-state index in [4.69, 9.17) is 13.7 Å². The molecule has 0 saturated heterocycles. The molecule has 0 atom stereocenters. The van der Waals surface area contributed by atoms with E-state index >= 15 is 0 Å². The number of anilines is 2. The van der Waals surface area contributed by atoms with Gasteiger partial charge in [-0.25, -0.2) is 0 Å². The number of nitrogens with one attached hydrogen (secondary N) is 1. The van der Waals surface area contributed by atoms with Crippen molar-refractivity contribution in [2.24, 2.45) is 0 Å². The lowest BCUT2D eigenvalue weighted by molar-refractivity contribution is 1.13. The minimum absolute atomic E-state index is 0.882. The van der Waals surface area contributed by atoms with Gasteiger partial charge >= 0.3 is 0 Å². The highest BCUT2D eigenvalue weighted by atomic mass is 32.1. The Morgan fingerprint density at radius 1 is 0.619 bits per heavy atom. The summed E-state index contributed by atoms with van der Waals surface area (Å²) < 4.78 is 14.6. The van der Waals surface area contributed by atoms with Crippen molar-refractivity contribution in [2.45, 2.75) is 0 Å². The fourth-order valence-corrected chi connectivity index (χ4v) is 10.4. The van der Waals surface area contributed by atoms with Crippen molar-refractivity contribution in [1.29, 1.82) is 0 Å². The fraction of sp³-hybridized carbons (Fsp3) is 0.0938. The van der Waals surface area contributed by atoms with Gasteiger partial charge in [-0.3, -0.25) is 4.98 Å². The van der Waals surface area contributed by atoms with E-state index in [9.17, 15) is 0 Å². The summed E-state index contributed by atoms with van der Waals surface area (Å²) in [5, 5.41) is 3.19. The number of hydrogen-bond donors (Lipinski definition) is 1. The lowest BCUT2D eigenvalue weighted by atomic mass is 10.1. The first-order valence-corrected chi connectivity index (χ1v) is 17.3. The number of rotatable bonds is 6. The summed E-state index contributed by atoms with van der Waals surface area (Å²) in [6.07, 6.45) is 1.98. The largest absolute Gasteiger partial charge is 0.388 e. The zero-order valence-electron chi connectivity index (χ0n) is 22.8. The van der Waals surface area contributed by atoms with Crippen LogP contribution in [0.25, 0.3) is 71.7 Å². The van der Waals surface area contributed by atoms with E-state index in [2.05, 4.69) is 97.1 Å². The zero-order chi connectivity index (χ0) is 28.4. The highest BCUT2D eigenvalue weighted by Gasteiger charge is 2.20. The highest BCUT2D eigenvalue weighted by molar-refractivity contribution is 7.31. The molecule has 0 unspecified atom stereocenters. The number of thiophene rings is 4. The van der Waals surface area contributed by atoms with Crippen molar-refractivity contribution in [3.8, 4) is 41.9 Å². The van der Waals surface area contributed by atoms with Crippen molar-refractivity contribution in [1.82, 2.24) is 13.7 Å². The topological polar surface area (TPSA) is 53.9 Å². The Bertz CT molecular complexity index is 2150. The molecule has 5 nitrogen and oxygen atoms in total. The molecule has 0 spiro atoms. The van der Waals surface area contributed by atoms with E-state index in [1.165, 1.54) is 62.0 Å². The second-order valence-corrected chi connectivity index (χ2v) is 15.0. The second-order valence-electron chi connectivity index (χ2n) is 10.2. The quantitative estimate of drug-likeness (QED) is 0.197. The summed E-state index contributed by atoms with van der Waals surface area (Å²) >= 11 is 8.49. The number of benzene rings is 2. The Morgan fingerprint density at radius 3 is 1.76 bits per heavy atom. The molecule has 8 aromatic rings. The Morgan fingerprint density at radius 2 is 1.14 bits per heavy atom. The third-order valence-corrected chi connectivity index (χ3v) is 12.6. The zero-order valence-corrected chi connectivity index (χ0v) is 26.9. The van der Waals surface area contributed by atoms with Crippen LogP contribution in [0, 0.1) is 0 Å². The van der Waals surface area contributed by atoms with Gasteiger partial charge in [0, 0.05) is 77.7 Å². The van der Waals surface area contributed by atoms with Crippen LogP contribution in [0.4, 0.5) is 11.4 Å². The molecular weight excluding hydrogens is 615 g/mol. The van der Waals surface area contributed by atoms with Gasteiger partial charge in [0.05, 0.1) is 16.6 Å². The normalized spacial score (nSPS) is 11.7. The van der Waals surface area contributed by atoms with Crippen LogP contribution in [0.15, 0.2) is 79.0 Å². The average Bonchev–Trinajstić information content (AvgIpc) is 3.82. The van der Waals surface area contributed by atoms with Crippen LogP contribution in [0.5, 0.6) is 0 Å².